The lowest BCUT2D eigenvalue weighted by atomic mass is 9.90. The second kappa shape index (κ2) is 5.89. The maximum Gasteiger partial charge on any atom is 0.0572 e. The van der Waals surface area contributed by atoms with Gasteiger partial charge in [0.05, 0.1) is 6.10 Å². The summed E-state index contributed by atoms with van der Waals surface area (Å²) in [4.78, 5) is 2.71. The highest BCUT2D eigenvalue weighted by Crippen LogP contribution is 2.28. The van der Waals surface area contributed by atoms with E-state index >= 15 is 0 Å². The average Bonchev–Trinajstić information content (AvgIpc) is 2.87. The quantitative estimate of drug-likeness (QED) is 0.833. The molecule has 0 aromatic heterocycles. The standard InChI is InChI=1S/C15H28N2O/c1-18-15-6-4-12(5-7-15)16-13-8-10-17-9-2-3-14(17)11-13/h12-16H,2-11H2,1H3. The van der Waals surface area contributed by atoms with E-state index in [0.29, 0.717) is 6.10 Å². The Morgan fingerprint density at radius 1 is 0.944 bits per heavy atom. The SMILES string of the molecule is COC1CCC(NC2CCN3CCCC3C2)CC1. The lowest BCUT2D eigenvalue weighted by Gasteiger charge is -2.38. The van der Waals surface area contributed by atoms with Crippen LogP contribution in [0.25, 0.3) is 0 Å². The molecule has 0 bridgehead atoms. The highest BCUT2D eigenvalue weighted by molar-refractivity contribution is 4.91. The van der Waals surface area contributed by atoms with Crippen LogP contribution in [0.3, 0.4) is 0 Å². The molecule has 0 radical (unpaired) electrons. The number of hydrogen-bond donors (Lipinski definition) is 1. The molecule has 104 valence electrons. The van der Waals surface area contributed by atoms with Gasteiger partial charge in [-0.1, -0.05) is 0 Å². The molecule has 0 aromatic rings. The Bertz CT molecular complexity index is 263. The molecule has 1 aliphatic carbocycles. The van der Waals surface area contributed by atoms with Gasteiger partial charge in [0.15, 0.2) is 0 Å². The van der Waals surface area contributed by atoms with Gasteiger partial charge < -0.3 is 15.0 Å². The largest absolute Gasteiger partial charge is 0.381 e. The van der Waals surface area contributed by atoms with Crippen LogP contribution < -0.4 is 5.32 Å². The Hall–Kier alpha value is -0.120. The predicted octanol–water partition coefficient (Wildman–Crippen LogP) is 2.16. The van der Waals surface area contributed by atoms with Gasteiger partial charge in [0.1, 0.15) is 0 Å². The van der Waals surface area contributed by atoms with Crippen molar-refractivity contribution in [2.45, 2.75) is 75.6 Å². The summed E-state index contributed by atoms with van der Waals surface area (Å²) < 4.78 is 5.45. The molecule has 3 rings (SSSR count). The van der Waals surface area contributed by atoms with Gasteiger partial charge in [0.2, 0.25) is 0 Å². The van der Waals surface area contributed by atoms with Crippen LogP contribution >= 0.6 is 0 Å². The molecule has 1 saturated carbocycles. The first-order chi connectivity index (χ1) is 8.85. The van der Waals surface area contributed by atoms with E-state index in [2.05, 4.69) is 10.2 Å². The van der Waals surface area contributed by atoms with Crippen molar-refractivity contribution in [3.05, 3.63) is 0 Å². The van der Waals surface area contributed by atoms with E-state index in [1.165, 1.54) is 64.5 Å². The van der Waals surface area contributed by atoms with Crippen LogP contribution in [0, 0.1) is 0 Å². The summed E-state index contributed by atoms with van der Waals surface area (Å²) in [5.74, 6) is 0. The van der Waals surface area contributed by atoms with Crippen molar-refractivity contribution in [3.63, 3.8) is 0 Å². The fraction of sp³-hybridized carbons (Fsp3) is 1.00. The summed E-state index contributed by atoms with van der Waals surface area (Å²) in [7, 11) is 1.86. The van der Waals surface area contributed by atoms with E-state index in [0.717, 1.165) is 18.1 Å². The molecule has 18 heavy (non-hydrogen) atoms. The number of hydrogen-bond acceptors (Lipinski definition) is 3. The lowest BCUT2D eigenvalue weighted by molar-refractivity contribution is 0.0583. The van der Waals surface area contributed by atoms with Crippen molar-refractivity contribution in [2.24, 2.45) is 0 Å². The number of nitrogens with one attached hydrogen (secondary N) is 1. The molecule has 1 N–H and O–H groups in total. The van der Waals surface area contributed by atoms with Crippen molar-refractivity contribution in [3.8, 4) is 0 Å². The highest BCUT2D eigenvalue weighted by Gasteiger charge is 2.32. The van der Waals surface area contributed by atoms with Gasteiger partial charge in [-0.15, -0.1) is 0 Å². The molecule has 3 nitrogen and oxygen atoms in total. The van der Waals surface area contributed by atoms with Crippen molar-refractivity contribution in [1.29, 1.82) is 0 Å². The number of piperidine rings is 1. The molecular formula is C15H28N2O. The van der Waals surface area contributed by atoms with Gasteiger partial charge in [-0.25, -0.2) is 0 Å². The number of fused-ring (bicyclic) bond motifs is 1. The Balaban J connectivity index is 1.43. The zero-order valence-corrected chi connectivity index (χ0v) is 11.7. The van der Waals surface area contributed by atoms with Crippen LogP contribution in [0.2, 0.25) is 0 Å². The van der Waals surface area contributed by atoms with E-state index < -0.39 is 0 Å². The van der Waals surface area contributed by atoms with E-state index in [1.54, 1.807) is 0 Å². The van der Waals surface area contributed by atoms with Gasteiger partial charge in [-0.05, 0) is 64.5 Å². The number of ether oxygens (including phenoxy) is 1. The Labute approximate surface area is 111 Å². The molecule has 0 amide bonds. The fourth-order valence-electron chi connectivity index (χ4n) is 4.17. The molecule has 2 aliphatic heterocycles. The predicted molar refractivity (Wildman–Crippen MR) is 73.8 cm³/mol. The van der Waals surface area contributed by atoms with Crippen LogP contribution in [0.5, 0.6) is 0 Å². The summed E-state index contributed by atoms with van der Waals surface area (Å²) >= 11 is 0. The maximum atomic E-state index is 5.45. The van der Waals surface area contributed by atoms with Crippen LogP contribution in [0.1, 0.15) is 51.4 Å². The first-order valence-electron chi connectivity index (χ1n) is 7.88. The zero-order valence-electron chi connectivity index (χ0n) is 11.7. The van der Waals surface area contributed by atoms with Crippen LogP contribution in [-0.4, -0.2) is 49.3 Å². The third-order valence-electron chi connectivity index (χ3n) is 5.30. The summed E-state index contributed by atoms with van der Waals surface area (Å²) in [6, 6.07) is 2.44. The first-order valence-corrected chi connectivity index (χ1v) is 7.88. The lowest BCUT2D eigenvalue weighted by Crippen LogP contribution is -2.49. The van der Waals surface area contributed by atoms with Crippen LogP contribution in [-0.2, 0) is 4.74 Å². The Kier molecular flexibility index (Phi) is 4.22. The van der Waals surface area contributed by atoms with Crippen LogP contribution in [0.15, 0.2) is 0 Å². The van der Waals surface area contributed by atoms with Gasteiger partial charge in [-0.3, -0.25) is 0 Å². The minimum Gasteiger partial charge on any atom is -0.381 e. The second-order valence-electron chi connectivity index (χ2n) is 6.43. The molecule has 3 aliphatic rings. The molecule has 2 unspecified atom stereocenters. The smallest absolute Gasteiger partial charge is 0.0572 e. The number of methoxy groups -OCH3 is 1. The average molecular weight is 252 g/mol. The molecule has 0 spiro atoms. The van der Waals surface area contributed by atoms with Gasteiger partial charge in [-0.2, -0.15) is 0 Å². The molecule has 2 atom stereocenters. The van der Waals surface area contributed by atoms with Crippen molar-refractivity contribution in [1.82, 2.24) is 10.2 Å². The van der Waals surface area contributed by atoms with Crippen LogP contribution in [0.4, 0.5) is 0 Å². The molecule has 0 aromatic carbocycles. The van der Waals surface area contributed by atoms with Gasteiger partial charge in [0, 0.05) is 25.2 Å². The van der Waals surface area contributed by atoms with Crippen molar-refractivity contribution >= 4 is 0 Å². The molecule has 2 saturated heterocycles. The normalized spacial score (nSPS) is 41.8. The van der Waals surface area contributed by atoms with E-state index in [-0.39, 0.29) is 0 Å². The van der Waals surface area contributed by atoms with E-state index in [9.17, 15) is 0 Å². The second-order valence-corrected chi connectivity index (χ2v) is 6.43. The number of rotatable bonds is 3. The summed E-state index contributed by atoms with van der Waals surface area (Å²) in [6.45, 7) is 2.69. The minimum absolute atomic E-state index is 0.528. The summed E-state index contributed by atoms with van der Waals surface area (Å²) in [5.41, 5.74) is 0. The third-order valence-corrected chi connectivity index (χ3v) is 5.30. The highest BCUT2D eigenvalue weighted by atomic mass is 16.5. The zero-order chi connectivity index (χ0) is 12.4. The topological polar surface area (TPSA) is 24.5 Å². The Morgan fingerprint density at radius 3 is 2.56 bits per heavy atom. The van der Waals surface area contributed by atoms with E-state index in [4.69, 9.17) is 4.74 Å². The maximum absolute atomic E-state index is 5.45. The molecule has 2 heterocycles. The summed E-state index contributed by atoms with van der Waals surface area (Å²) in [5, 5.41) is 3.93. The molecule has 3 fully saturated rings. The van der Waals surface area contributed by atoms with Gasteiger partial charge >= 0.3 is 0 Å². The fourth-order valence-corrected chi connectivity index (χ4v) is 4.17. The third kappa shape index (κ3) is 2.89. The molecular weight excluding hydrogens is 224 g/mol. The van der Waals surface area contributed by atoms with Crippen molar-refractivity contribution < 1.29 is 4.74 Å². The first kappa shape index (κ1) is 12.9. The van der Waals surface area contributed by atoms with Crippen molar-refractivity contribution in [2.75, 3.05) is 20.2 Å². The monoisotopic (exact) mass is 252 g/mol. The van der Waals surface area contributed by atoms with E-state index in [1.807, 2.05) is 7.11 Å². The summed E-state index contributed by atoms with van der Waals surface area (Å²) in [6.07, 6.45) is 11.3. The van der Waals surface area contributed by atoms with Gasteiger partial charge in [0.25, 0.3) is 0 Å². The molecule has 3 heteroatoms. The Morgan fingerprint density at radius 2 is 1.78 bits per heavy atom. The minimum atomic E-state index is 0.528. The number of nitrogens with zero attached hydrogens (tertiary/aromatic N) is 1.